The molecular weight excluding hydrogens is 320 g/mol. The van der Waals surface area contributed by atoms with Crippen LogP contribution in [0.25, 0.3) is 0 Å². The maximum absolute atomic E-state index is 12.5. The Morgan fingerprint density at radius 2 is 1.68 bits per heavy atom. The smallest absolute Gasteiger partial charge is 0.340 e. The van der Waals surface area contributed by atoms with Gasteiger partial charge in [-0.3, -0.25) is 4.79 Å². The number of benzene rings is 2. The lowest BCUT2D eigenvalue weighted by Gasteiger charge is -2.39. The number of carbonyl (C=O) groups excluding carboxylic acids is 2. The Morgan fingerprint density at radius 3 is 2.52 bits per heavy atom. The number of ether oxygens (including phenoxy) is 2. The first-order valence-corrected chi connectivity index (χ1v) is 7.90. The molecule has 0 fully saturated rings. The maximum Gasteiger partial charge on any atom is 0.340 e. The molecule has 1 atom stereocenters. The van der Waals surface area contributed by atoms with Crippen molar-refractivity contribution in [3.63, 3.8) is 0 Å². The zero-order chi connectivity index (χ0) is 17.2. The largest absolute Gasteiger partial charge is 0.504 e. The summed E-state index contributed by atoms with van der Waals surface area (Å²) in [6, 6.07) is 14.2. The van der Waals surface area contributed by atoms with Gasteiger partial charge in [0.15, 0.2) is 11.4 Å². The Balaban J connectivity index is 1.94. The van der Waals surface area contributed by atoms with E-state index in [4.69, 9.17) is 9.47 Å². The molecule has 122 valence electrons. The first-order chi connectivity index (χ1) is 12.1. The second-order valence-corrected chi connectivity index (χ2v) is 6.13. The number of hydrogen-bond acceptors (Lipinski definition) is 5. The van der Waals surface area contributed by atoms with Gasteiger partial charge in [0, 0.05) is 17.5 Å². The van der Waals surface area contributed by atoms with Gasteiger partial charge in [-0.15, -0.1) is 0 Å². The molecule has 1 aliphatic carbocycles. The molecular formula is C20H12O5. The van der Waals surface area contributed by atoms with E-state index in [9.17, 15) is 14.7 Å². The third kappa shape index (κ3) is 1.62. The van der Waals surface area contributed by atoms with E-state index in [2.05, 4.69) is 0 Å². The molecule has 0 saturated heterocycles. The number of hydrogen-bond donors (Lipinski definition) is 1. The molecule has 2 aromatic carbocycles. The Kier molecular flexibility index (Phi) is 2.58. The topological polar surface area (TPSA) is 72.8 Å². The summed E-state index contributed by atoms with van der Waals surface area (Å²) >= 11 is 0. The molecule has 2 aliphatic heterocycles. The first kappa shape index (κ1) is 14.0. The molecule has 0 bridgehead atoms. The number of esters is 1. The highest BCUT2D eigenvalue weighted by Gasteiger charge is 2.57. The number of aliphatic hydroxyl groups is 1. The molecule has 2 aromatic rings. The van der Waals surface area contributed by atoms with Crippen molar-refractivity contribution in [2.45, 2.75) is 12.0 Å². The predicted octanol–water partition coefficient (Wildman–Crippen LogP) is 3.16. The summed E-state index contributed by atoms with van der Waals surface area (Å²) in [7, 11) is 0. The quantitative estimate of drug-likeness (QED) is 0.750. The normalized spacial score (nSPS) is 23.4. The number of aliphatic hydroxyl groups excluding tert-OH is 1. The van der Waals surface area contributed by atoms with Crippen LogP contribution in [0.1, 0.15) is 27.9 Å². The first-order valence-electron chi connectivity index (χ1n) is 7.90. The van der Waals surface area contributed by atoms with Crippen molar-refractivity contribution >= 4 is 11.8 Å². The summed E-state index contributed by atoms with van der Waals surface area (Å²) in [4.78, 5) is 24.7. The number of carbonyl (C=O) groups is 2. The fraction of sp³-hybridized carbons (Fsp3) is 0.100. The SMILES string of the molecule is O=C1CC=C2Oc3ccccc3C3(OC(=O)c4ccccc43)C2=C1O. The number of para-hydroxylation sites is 1. The lowest BCUT2D eigenvalue weighted by molar-refractivity contribution is -0.117. The van der Waals surface area contributed by atoms with Crippen LogP contribution in [0.15, 0.2) is 71.7 Å². The lowest BCUT2D eigenvalue weighted by atomic mass is 9.74. The van der Waals surface area contributed by atoms with Crippen LogP contribution in [0.5, 0.6) is 5.75 Å². The average Bonchev–Trinajstić information content (AvgIpc) is 2.92. The minimum Gasteiger partial charge on any atom is -0.504 e. The Labute approximate surface area is 142 Å². The molecule has 25 heavy (non-hydrogen) atoms. The van der Waals surface area contributed by atoms with Crippen LogP contribution in [0.3, 0.4) is 0 Å². The van der Waals surface area contributed by atoms with E-state index in [-0.39, 0.29) is 12.0 Å². The lowest BCUT2D eigenvalue weighted by Crippen LogP contribution is -2.39. The number of ketones is 1. The number of Topliss-reactive ketones (excluding diaryl/α,β-unsaturated/α-hetero) is 1. The van der Waals surface area contributed by atoms with Gasteiger partial charge in [-0.1, -0.05) is 36.4 Å². The van der Waals surface area contributed by atoms with Crippen LogP contribution in [0, 0.1) is 0 Å². The van der Waals surface area contributed by atoms with Crippen molar-refractivity contribution in [1.82, 2.24) is 0 Å². The van der Waals surface area contributed by atoms with Gasteiger partial charge < -0.3 is 14.6 Å². The van der Waals surface area contributed by atoms with Gasteiger partial charge >= 0.3 is 5.97 Å². The van der Waals surface area contributed by atoms with E-state index in [0.717, 1.165) is 0 Å². The molecule has 0 aromatic heterocycles. The minimum absolute atomic E-state index is 0.0402. The Hall–Kier alpha value is -3.34. The van der Waals surface area contributed by atoms with Gasteiger partial charge in [-0.05, 0) is 18.2 Å². The van der Waals surface area contributed by atoms with Crippen molar-refractivity contribution in [3.8, 4) is 5.75 Å². The number of allylic oxidation sites excluding steroid dienone is 2. The highest BCUT2D eigenvalue weighted by molar-refractivity contribution is 6.01. The van der Waals surface area contributed by atoms with Gasteiger partial charge in [0.2, 0.25) is 5.78 Å². The van der Waals surface area contributed by atoms with Crippen LogP contribution in [0.2, 0.25) is 0 Å². The molecule has 3 aliphatic rings. The summed E-state index contributed by atoms with van der Waals surface area (Å²) in [6.45, 7) is 0. The van der Waals surface area contributed by atoms with Crippen molar-refractivity contribution in [2.24, 2.45) is 0 Å². The highest BCUT2D eigenvalue weighted by Crippen LogP contribution is 2.56. The minimum atomic E-state index is -1.38. The van der Waals surface area contributed by atoms with E-state index < -0.39 is 23.1 Å². The van der Waals surface area contributed by atoms with Gasteiger partial charge in [-0.25, -0.2) is 4.79 Å². The highest BCUT2D eigenvalue weighted by atomic mass is 16.6. The van der Waals surface area contributed by atoms with Gasteiger partial charge in [-0.2, -0.15) is 0 Å². The molecule has 0 amide bonds. The van der Waals surface area contributed by atoms with Crippen LogP contribution >= 0.6 is 0 Å². The van der Waals surface area contributed by atoms with Crippen molar-refractivity contribution in [1.29, 1.82) is 0 Å². The van der Waals surface area contributed by atoms with Crippen molar-refractivity contribution in [3.05, 3.63) is 88.4 Å². The summed E-state index contributed by atoms with van der Waals surface area (Å²) in [5, 5.41) is 10.6. The molecule has 5 nitrogen and oxygen atoms in total. The van der Waals surface area contributed by atoms with Crippen LogP contribution < -0.4 is 4.74 Å². The monoisotopic (exact) mass is 332 g/mol. The molecule has 1 unspecified atom stereocenters. The van der Waals surface area contributed by atoms with E-state index in [1.807, 2.05) is 6.07 Å². The predicted molar refractivity (Wildman–Crippen MR) is 87.1 cm³/mol. The standard InChI is InChI=1S/C20H12O5/c21-14-9-10-16-17(18(14)22)20(13-7-3-4-8-15(13)24-16)12-6-2-1-5-11(12)19(23)25-20/h1-8,10,22H,9H2. The summed E-state index contributed by atoms with van der Waals surface area (Å²) in [5.74, 6) is -0.465. The van der Waals surface area contributed by atoms with E-state index in [1.165, 1.54) is 0 Å². The average molecular weight is 332 g/mol. The zero-order valence-electron chi connectivity index (χ0n) is 13.0. The molecule has 0 saturated carbocycles. The fourth-order valence-corrected chi connectivity index (χ4v) is 3.78. The van der Waals surface area contributed by atoms with Crippen LogP contribution in [-0.2, 0) is 15.1 Å². The Bertz CT molecular complexity index is 1030. The summed E-state index contributed by atoms with van der Waals surface area (Å²) < 4.78 is 11.7. The molecule has 1 N–H and O–H groups in total. The second kappa shape index (κ2) is 4.60. The van der Waals surface area contributed by atoms with Crippen molar-refractivity contribution < 1.29 is 24.2 Å². The Morgan fingerprint density at radius 1 is 0.960 bits per heavy atom. The number of fused-ring (bicyclic) bond motifs is 6. The third-order valence-electron chi connectivity index (χ3n) is 4.83. The van der Waals surface area contributed by atoms with E-state index in [1.54, 1.807) is 48.5 Å². The van der Waals surface area contributed by atoms with Crippen LogP contribution in [-0.4, -0.2) is 16.9 Å². The van der Waals surface area contributed by atoms with E-state index >= 15 is 0 Å². The van der Waals surface area contributed by atoms with Crippen LogP contribution in [0.4, 0.5) is 0 Å². The van der Waals surface area contributed by atoms with Crippen molar-refractivity contribution in [2.75, 3.05) is 0 Å². The second-order valence-electron chi connectivity index (χ2n) is 6.13. The van der Waals surface area contributed by atoms with Gasteiger partial charge in [0.25, 0.3) is 0 Å². The molecule has 2 heterocycles. The van der Waals surface area contributed by atoms with Gasteiger partial charge in [0.1, 0.15) is 11.5 Å². The molecule has 5 rings (SSSR count). The molecule has 1 spiro atoms. The number of rotatable bonds is 0. The molecule has 5 heteroatoms. The fourth-order valence-electron chi connectivity index (χ4n) is 3.78. The summed E-state index contributed by atoms with van der Waals surface area (Å²) in [5.41, 5.74) is 0.409. The molecule has 0 radical (unpaired) electrons. The zero-order valence-corrected chi connectivity index (χ0v) is 13.0. The third-order valence-corrected chi connectivity index (χ3v) is 4.83. The summed E-state index contributed by atoms with van der Waals surface area (Å²) in [6.07, 6.45) is 1.66. The van der Waals surface area contributed by atoms with E-state index in [0.29, 0.717) is 28.2 Å². The van der Waals surface area contributed by atoms with Gasteiger partial charge in [0.05, 0.1) is 11.1 Å². The maximum atomic E-state index is 12.5.